The third-order valence-corrected chi connectivity index (χ3v) is 5.00. The van der Waals surface area contributed by atoms with E-state index in [-0.39, 0.29) is 12.0 Å². The van der Waals surface area contributed by atoms with Gasteiger partial charge in [0.25, 0.3) is 0 Å². The molecule has 4 rings (SSSR count). The van der Waals surface area contributed by atoms with Crippen molar-refractivity contribution in [3.8, 4) is 0 Å². The van der Waals surface area contributed by atoms with Crippen LogP contribution < -0.4 is 0 Å². The zero-order valence-electron chi connectivity index (χ0n) is 14.7. The van der Waals surface area contributed by atoms with Gasteiger partial charge in [0, 0.05) is 32.7 Å². The van der Waals surface area contributed by atoms with E-state index in [0.717, 1.165) is 49.6 Å². The molecular weight excluding hydrogens is 316 g/mol. The van der Waals surface area contributed by atoms with Crippen molar-refractivity contribution in [3.05, 3.63) is 42.0 Å². The normalized spacial score (nSPS) is 21.4. The minimum Gasteiger partial charge on any atom is -0.379 e. The first kappa shape index (κ1) is 16.2. The van der Waals surface area contributed by atoms with Gasteiger partial charge in [-0.05, 0) is 18.6 Å². The van der Waals surface area contributed by atoms with Crippen LogP contribution in [0.15, 0.2) is 30.5 Å². The lowest BCUT2D eigenvalue weighted by atomic mass is 10.0. The molecular formula is C18H24N6O. The number of hydrogen-bond donors (Lipinski definition) is 1. The number of ether oxygens (including phenoxy) is 1. The van der Waals surface area contributed by atoms with Crippen molar-refractivity contribution >= 4 is 11.0 Å². The van der Waals surface area contributed by atoms with E-state index in [0.29, 0.717) is 0 Å². The summed E-state index contributed by atoms with van der Waals surface area (Å²) in [5.74, 6) is 1.37. The summed E-state index contributed by atoms with van der Waals surface area (Å²) < 4.78 is 8.05. The minimum absolute atomic E-state index is 0.133. The second-order valence-electron chi connectivity index (χ2n) is 6.64. The molecule has 1 aliphatic heterocycles. The van der Waals surface area contributed by atoms with Crippen LogP contribution in [-0.4, -0.2) is 56.2 Å². The molecule has 0 bridgehead atoms. The van der Waals surface area contributed by atoms with Gasteiger partial charge in [-0.25, -0.2) is 4.98 Å². The van der Waals surface area contributed by atoms with Crippen LogP contribution in [-0.2, 0) is 17.8 Å². The van der Waals surface area contributed by atoms with Crippen LogP contribution in [0.2, 0.25) is 0 Å². The van der Waals surface area contributed by atoms with Crippen LogP contribution in [0.4, 0.5) is 0 Å². The number of H-pyrrole nitrogens is 1. The van der Waals surface area contributed by atoms with Crippen LogP contribution in [0.3, 0.4) is 0 Å². The number of benzene rings is 1. The topological polar surface area (TPSA) is 71.9 Å². The molecule has 2 aromatic heterocycles. The molecule has 1 aliphatic rings. The van der Waals surface area contributed by atoms with Crippen molar-refractivity contribution < 1.29 is 4.74 Å². The summed E-state index contributed by atoms with van der Waals surface area (Å²) in [6.45, 7) is 5.80. The number of hydrogen-bond acceptors (Lipinski definition) is 5. The maximum atomic E-state index is 5.70. The molecule has 0 saturated carbocycles. The lowest BCUT2D eigenvalue weighted by Crippen LogP contribution is -2.24. The van der Waals surface area contributed by atoms with Gasteiger partial charge in [-0.15, -0.1) is 0 Å². The number of fused-ring (bicyclic) bond motifs is 1. The number of rotatable bonds is 6. The Kier molecular flexibility index (Phi) is 4.50. The summed E-state index contributed by atoms with van der Waals surface area (Å²) >= 11 is 0. The molecule has 0 aliphatic carbocycles. The third-order valence-electron chi connectivity index (χ3n) is 5.00. The number of nitrogens with one attached hydrogen (secondary N) is 1. The fourth-order valence-electron chi connectivity index (χ4n) is 3.81. The van der Waals surface area contributed by atoms with Crippen molar-refractivity contribution in [2.75, 3.05) is 20.2 Å². The van der Waals surface area contributed by atoms with E-state index in [1.165, 1.54) is 5.52 Å². The summed E-state index contributed by atoms with van der Waals surface area (Å²) in [6.07, 6.45) is 3.02. The Labute approximate surface area is 147 Å². The van der Waals surface area contributed by atoms with Gasteiger partial charge in [0.05, 0.1) is 35.6 Å². The first-order chi connectivity index (χ1) is 12.3. The number of aromatic nitrogens is 5. The fourth-order valence-corrected chi connectivity index (χ4v) is 3.81. The van der Waals surface area contributed by atoms with E-state index in [2.05, 4.69) is 50.0 Å². The molecule has 25 heavy (non-hydrogen) atoms. The van der Waals surface area contributed by atoms with Gasteiger partial charge in [-0.3, -0.25) is 4.90 Å². The summed E-state index contributed by atoms with van der Waals surface area (Å²) in [4.78, 5) is 7.28. The Hall–Kier alpha value is -2.25. The monoisotopic (exact) mass is 340 g/mol. The molecule has 0 spiro atoms. The van der Waals surface area contributed by atoms with Crippen molar-refractivity contribution in [2.45, 2.75) is 38.5 Å². The largest absolute Gasteiger partial charge is 0.379 e. The molecule has 0 amide bonds. The number of nitrogens with zero attached hydrogens (tertiary/aromatic N) is 5. The van der Waals surface area contributed by atoms with E-state index >= 15 is 0 Å². The molecule has 1 fully saturated rings. The molecule has 3 aromatic rings. The summed E-state index contributed by atoms with van der Waals surface area (Å²) in [6, 6.07) is 8.37. The Morgan fingerprint density at radius 3 is 2.92 bits per heavy atom. The summed E-state index contributed by atoms with van der Waals surface area (Å²) in [5.41, 5.74) is 3.26. The number of methoxy groups -OCH3 is 1. The van der Waals surface area contributed by atoms with Crippen LogP contribution in [0.25, 0.3) is 11.0 Å². The average Bonchev–Trinajstić information content (AvgIpc) is 3.34. The first-order valence-corrected chi connectivity index (χ1v) is 8.85. The SMILES string of the molecule is CCCn1c(CN2C[C@@H](OC)[C@H](c3cn[nH]n3)C2)nc2ccccc21. The van der Waals surface area contributed by atoms with Gasteiger partial charge in [0.2, 0.25) is 0 Å². The Morgan fingerprint density at radius 2 is 2.16 bits per heavy atom. The number of aromatic amines is 1. The number of aryl methyl sites for hydroxylation is 1. The molecule has 1 saturated heterocycles. The Morgan fingerprint density at radius 1 is 1.28 bits per heavy atom. The maximum absolute atomic E-state index is 5.70. The summed E-state index contributed by atoms with van der Waals surface area (Å²) in [5, 5.41) is 10.9. The van der Waals surface area contributed by atoms with Crippen LogP contribution in [0, 0.1) is 0 Å². The summed E-state index contributed by atoms with van der Waals surface area (Å²) in [7, 11) is 1.77. The van der Waals surface area contributed by atoms with Crippen LogP contribution >= 0.6 is 0 Å². The second-order valence-corrected chi connectivity index (χ2v) is 6.64. The predicted octanol–water partition coefficient (Wildman–Crippen LogP) is 2.18. The minimum atomic E-state index is 0.133. The molecule has 0 unspecified atom stereocenters. The highest BCUT2D eigenvalue weighted by Crippen LogP contribution is 2.29. The number of imidazole rings is 1. The van der Waals surface area contributed by atoms with E-state index in [4.69, 9.17) is 9.72 Å². The lowest BCUT2D eigenvalue weighted by Gasteiger charge is -2.16. The van der Waals surface area contributed by atoms with E-state index in [1.54, 1.807) is 13.3 Å². The lowest BCUT2D eigenvalue weighted by molar-refractivity contribution is 0.0954. The molecule has 1 N–H and O–H groups in total. The zero-order valence-corrected chi connectivity index (χ0v) is 14.7. The van der Waals surface area contributed by atoms with Gasteiger partial charge in [0.15, 0.2) is 0 Å². The highest BCUT2D eigenvalue weighted by atomic mass is 16.5. The fraction of sp³-hybridized carbons (Fsp3) is 0.500. The highest BCUT2D eigenvalue weighted by Gasteiger charge is 2.36. The highest BCUT2D eigenvalue weighted by molar-refractivity contribution is 5.75. The van der Waals surface area contributed by atoms with Crippen molar-refractivity contribution in [1.82, 2.24) is 29.9 Å². The predicted molar refractivity (Wildman–Crippen MR) is 95.2 cm³/mol. The van der Waals surface area contributed by atoms with Crippen molar-refractivity contribution in [3.63, 3.8) is 0 Å². The Balaban J connectivity index is 1.58. The zero-order chi connectivity index (χ0) is 17.2. The smallest absolute Gasteiger partial charge is 0.124 e. The molecule has 0 radical (unpaired) electrons. The number of para-hydroxylation sites is 2. The van der Waals surface area contributed by atoms with Gasteiger partial charge in [-0.2, -0.15) is 15.4 Å². The molecule has 1 aromatic carbocycles. The second kappa shape index (κ2) is 6.93. The van der Waals surface area contributed by atoms with E-state index in [9.17, 15) is 0 Å². The molecule has 132 valence electrons. The average molecular weight is 340 g/mol. The van der Waals surface area contributed by atoms with Crippen molar-refractivity contribution in [1.29, 1.82) is 0 Å². The van der Waals surface area contributed by atoms with E-state index in [1.807, 2.05) is 6.07 Å². The van der Waals surface area contributed by atoms with Gasteiger partial charge >= 0.3 is 0 Å². The maximum Gasteiger partial charge on any atom is 0.124 e. The molecule has 2 atom stereocenters. The van der Waals surface area contributed by atoms with Crippen LogP contribution in [0.1, 0.15) is 30.8 Å². The van der Waals surface area contributed by atoms with Crippen molar-refractivity contribution in [2.24, 2.45) is 0 Å². The van der Waals surface area contributed by atoms with Gasteiger partial charge < -0.3 is 9.30 Å². The molecule has 7 heteroatoms. The third kappa shape index (κ3) is 3.05. The molecule has 7 nitrogen and oxygen atoms in total. The Bertz CT molecular complexity index is 827. The van der Waals surface area contributed by atoms with Crippen LogP contribution in [0.5, 0.6) is 0 Å². The van der Waals surface area contributed by atoms with E-state index < -0.39 is 0 Å². The van der Waals surface area contributed by atoms with Gasteiger partial charge in [0.1, 0.15) is 5.82 Å². The first-order valence-electron chi connectivity index (χ1n) is 8.85. The quantitative estimate of drug-likeness (QED) is 0.745. The van der Waals surface area contributed by atoms with Gasteiger partial charge in [-0.1, -0.05) is 19.1 Å². The number of likely N-dealkylation sites (tertiary alicyclic amines) is 1. The standard InChI is InChI=1S/C18H24N6O/c1-3-8-24-16-7-5-4-6-14(16)20-18(24)12-23-10-13(17(11-23)25-2)15-9-19-22-21-15/h4-7,9,13,17H,3,8,10-12H2,1-2H3,(H,19,21,22)/t13-,17+/m0/s1. The molecule has 3 heterocycles.